The van der Waals surface area contributed by atoms with Crippen LogP contribution in [0, 0.1) is 11.8 Å². The van der Waals surface area contributed by atoms with Gasteiger partial charge in [0.05, 0.1) is 15.7 Å². The molecule has 0 heterocycles. The molecular formula is C36H39FO4S2. The molecule has 4 aromatic rings. The highest BCUT2D eigenvalue weighted by Crippen LogP contribution is 2.48. The number of hydrogen-bond acceptors (Lipinski definition) is 4. The first-order valence-corrected chi connectivity index (χ1v) is 17.5. The maximum Gasteiger partial charge on any atom is 0.327 e. The molecule has 0 saturated heterocycles. The van der Waals surface area contributed by atoms with Gasteiger partial charge in [-0.2, -0.15) is 0 Å². The van der Waals surface area contributed by atoms with Gasteiger partial charge in [-0.25, -0.2) is 21.2 Å². The monoisotopic (exact) mass is 618 g/mol. The maximum absolute atomic E-state index is 18.1. The molecule has 0 aromatic heterocycles. The Morgan fingerprint density at radius 2 is 1.00 bits per heavy atom. The van der Waals surface area contributed by atoms with Crippen molar-refractivity contribution in [3.63, 3.8) is 0 Å². The fourth-order valence-corrected chi connectivity index (χ4v) is 9.70. The lowest BCUT2D eigenvalue weighted by molar-refractivity contribution is 0.331. The van der Waals surface area contributed by atoms with Crippen molar-refractivity contribution < 1.29 is 21.2 Å². The summed E-state index contributed by atoms with van der Waals surface area (Å²) in [5.41, 5.74) is 3.07. The van der Waals surface area contributed by atoms with Gasteiger partial charge in [0.1, 0.15) is 0 Å². The van der Waals surface area contributed by atoms with E-state index in [-0.39, 0.29) is 5.56 Å². The molecule has 4 nitrogen and oxygen atoms in total. The van der Waals surface area contributed by atoms with Gasteiger partial charge in [0.2, 0.25) is 19.7 Å². The molecule has 0 saturated carbocycles. The van der Waals surface area contributed by atoms with Gasteiger partial charge >= 0.3 is 4.33 Å². The first-order chi connectivity index (χ1) is 20.4. The smallest absolute Gasteiger partial charge is 0.219 e. The van der Waals surface area contributed by atoms with E-state index in [0.717, 1.165) is 24.0 Å². The van der Waals surface area contributed by atoms with E-state index in [1.165, 1.54) is 54.6 Å². The van der Waals surface area contributed by atoms with Crippen LogP contribution in [-0.4, -0.2) is 21.2 Å². The molecule has 1 unspecified atom stereocenters. The molecule has 0 aliphatic rings. The van der Waals surface area contributed by atoms with Crippen LogP contribution in [0.15, 0.2) is 125 Å². The van der Waals surface area contributed by atoms with Crippen molar-refractivity contribution >= 4 is 25.8 Å². The van der Waals surface area contributed by atoms with Crippen LogP contribution < -0.4 is 0 Å². The number of allylic oxidation sites excluding steroid dienone is 1. The van der Waals surface area contributed by atoms with Crippen LogP contribution in [0.3, 0.4) is 0 Å². The van der Waals surface area contributed by atoms with E-state index in [9.17, 15) is 16.8 Å². The lowest BCUT2D eigenvalue weighted by Gasteiger charge is -2.32. The molecule has 4 rings (SSSR count). The van der Waals surface area contributed by atoms with Crippen LogP contribution in [-0.2, 0) is 32.5 Å². The fraction of sp³-hybridized carbons (Fsp3) is 0.278. The highest BCUT2D eigenvalue weighted by atomic mass is 32.3. The molecule has 0 radical (unpaired) electrons. The van der Waals surface area contributed by atoms with Gasteiger partial charge in [0, 0.05) is 0 Å². The number of alkyl halides is 1. The van der Waals surface area contributed by atoms with E-state index in [2.05, 4.69) is 27.7 Å². The predicted molar refractivity (Wildman–Crippen MR) is 173 cm³/mol. The summed E-state index contributed by atoms with van der Waals surface area (Å²) in [5, 5.41) is 0. The van der Waals surface area contributed by atoms with Crippen molar-refractivity contribution in [3.05, 3.63) is 138 Å². The minimum absolute atomic E-state index is 0.238. The number of rotatable bonds is 12. The molecule has 0 spiro atoms. The molecular weight excluding hydrogens is 580 g/mol. The second-order valence-corrected chi connectivity index (χ2v) is 16.1. The van der Waals surface area contributed by atoms with Crippen molar-refractivity contribution in [1.29, 1.82) is 0 Å². The quantitative estimate of drug-likeness (QED) is 0.160. The van der Waals surface area contributed by atoms with Crippen LogP contribution in [0.25, 0.3) is 6.08 Å². The lowest BCUT2D eigenvalue weighted by Crippen LogP contribution is -2.47. The fourth-order valence-electron chi connectivity index (χ4n) is 5.20. The van der Waals surface area contributed by atoms with Gasteiger partial charge in [0.25, 0.3) is 0 Å². The number of sulfone groups is 2. The Kier molecular flexibility index (Phi) is 10.1. The minimum atomic E-state index is -5.11. The Bertz CT molecular complexity index is 1660. The molecule has 7 heteroatoms. The normalized spacial score (nSPS) is 13.6. The molecule has 0 bridgehead atoms. The third-order valence-corrected chi connectivity index (χ3v) is 12.4. The molecule has 43 heavy (non-hydrogen) atoms. The second-order valence-electron chi connectivity index (χ2n) is 11.7. The SMILES string of the molecule is CC(C)Cc1ccc(C=CC(c2ccc(CC(C)C)cc2)C(F)(S(=O)(=O)c2ccccc2)S(=O)(=O)c2ccccc2)cc1. The van der Waals surface area contributed by atoms with E-state index in [4.69, 9.17) is 0 Å². The van der Waals surface area contributed by atoms with Crippen LogP contribution in [0.5, 0.6) is 0 Å². The topological polar surface area (TPSA) is 68.3 Å². The zero-order valence-electron chi connectivity index (χ0n) is 25.0. The largest absolute Gasteiger partial charge is 0.327 e. The first-order valence-electron chi connectivity index (χ1n) is 14.5. The average molecular weight is 619 g/mol. The second kappa shape index (κ2) is 13.4. The highest BCUT2D eigenvalue weighted by Gasteiger charge is 2.62. The predicted octanol–water partition coefficient (Wildman–Crippen LogP) is 8.45. The van der Waals surface area contributed by atoms with Gasteiger partial charge in [-0.05, 0) is 71.2 Å². The van der Waals surface area contributed by atoms with Crippen molar-refractivity contribution in [1.82, 2.24) is 0 Å². The molecule has 0 aliphatic heterocycles. The minimum Gasteiger partial charge on any atom is -0.219 e. The van der Waals surface area contributed by atoms with Crippen LogP contribution in [0.4, 0.5) is 4.39 Å². The molecule has 0 fully saturated rings. The zero-order valence-corrected chi connectivity index (χ0v) is 26.7. The van der Waals surface area contributed by atoms with Crippen LogP contribution in [0.2, 0.25) is 0 Å². The number of hydrogen-bond donors (Lipinski definition) is 0. The first kappa shape index (κ1) is 32.4. The number of halogens is 1. The summed E-state index contributed by atoms with van der Waals surface area (Å²) in [6, 6.07) is 28.5. The van der Waals surface area contributed by atoms with Crippen molar-refractivity contribution in [2.24, 2.45) is 11.8 Å². The average Bonchev–Trinajstić information content (AvgIpc) is 2.99. The number of benzene rings is 4. The Labute approximate surface area is 256 Å². The van der Waals surface area contributed by atoms with E-state index < -0.39 is 39.7 Å². The van der Waals surface area contributed by atoms with Gasteiger partial charge in [-0.3, -0.25) is 0 Å². The summed E-state index contributed by atoms with van der Waals surface area (Å²) in [7, 11) is -10.2. The molecule has 4 aromatic carbocycles. The zero-order chi connectivity index (χ0) is 31.3. The van der Waals surface area contributed by atoms with E-state index in [1.54, 1.807) is 30.3 Å². The highest BCUT2D eigenvalue weighted by molar-refractivity contribution is 8.10. The van der Waals surface area contributed by atoms with E-state index in [0.29, 0.717) is 17.4 Å². The molecule has 0 aliphatic carbocycles. The third-order valence-electron chi connectivity index (χ3n) is 7.30. The molecule has 1 atom stereocenters. The van der Waals surface area contributed by atoms with Crippen LogP contribution >= 0.6 is 0 Å². The summed E-state index contributed by atoms with van der Waals surface area (Å²) < 4.78 is 71.4. The van der Waals surface area contributed by atoms with Gasteiger partial charge in [0.15, 0.2) is 0 Å². The van der Waals surface area contributed by atoms with Gasteiger partial charge in [-0.15, -0.1) is 0 Å². The Morgan fingerprint density at radius 1 is 0.605 bits per heavy atom. The summed E-state index contributed by atoms with van der Waals surface area (Å²) in [4.78, 5) is -0.824. The standard InChI is InChI=1S/C36H39FO4S2/c1-27(2)25-30-17-15-29(16-18-30)21-24-35(32-22-19-31(20-23-32)26-28(3)4)36(37,42(38,39)33-11-7-5-8-12-33)43(40,41)34-13-9-6-10-14-34/h5-24,27-28,35H,25-26H2,1-4H3. The lowest BCUT2D eigenvalue weighted by atomic mass is 9.95. The van der Waals surface area contributed by atoms with Crippen molar-refractivity contribution in [2.75, 3.05) is 0 Å². The Morgan fingerprint density at radius 3 is 1.40 bits per heavy atom. The molecule has 0 N–H and O–H groups in total. The van der Waals surface area contributed by atoms with E-state index >= 15 is 4.39 Å². The Balaban J connectivity index is 1.96. The van der Waals surface area contributed by atoms with Crippen LogP contribution in [0.1, 0.15) is 55.9 Å². The summed E-state index contributed by atoms with van der Waals surface area (Å²) in [6.07, 6.45) is 4.64. The molecule has 226 valence electrons. The summed E-state index contributed by atoms with van der Waals surface area (Å²) in [6.45, 7) is 8.42. The van der Waals surface area contributed by atoms with Crippen molar-refractivity contribution in [3.8, 4) is 0 Å². The van der Waals surface area contributed by atoms with Gasteiger partial charge in [-0.1, -0.05) is 125 Å². The molecule has 0 amide bonds. The summed E-state index contributed by atoms with van der Waals surface area (Å²) >= 11 is 0. The van der Waals surface area contributed by atoms with Crippen molar-refractivity contribution in [2.45, 2.75) is 60.6 Å². The van der Waals surface area contributed by atoms with Gasteiger partial charge < -0.3 is 0 Å². The maximum atomic E-state index is 18.1. The summed E-state index contributed by atoms with van der Waals surface area (Å²) in [5.74, 6) is -0.841. The van der Waals surface area contributed by atoms with E-state index in [1.807, 2.05) is 36.4 Å². The Hall–Kier alpha value is -3.55. The third kappa shape index (κ3) is 7.00.